The Morgan fingerprint density at radius 2 is 1.84 bits per heavy atom. The van der Waals surface area contributed by atoms with E-state index in [4.69, 9.17) is 4.74 Å². The van der Waals surface area contributed by atoms with Crippen LogP contribution in [-0.4, -0.2) is 67.0 Å². The molecule has 1 unspecified atom stereocenters. The maximum atomic E-state index is 13.1. The average Bonchev–Trinajstić information content (AvgIpc) is 3.17. The van der Waals surface area contributed by atoms with Crippen molar-refractivity contribution in [2.24, 2.45) is 0 Å². The lowest BCUT2D eigenvalue weighted by Crippen LogP contribution is -2.48. The number of fused-ring (bicyclic) bond motifs is 1. The molecular weight excluding hydrogens is 495 g/mol. The van der Waals surface area contributed by atoms with Gasteiger partial charge < -0.3 is 19.8 Å². The van der Waals surface area contributed by atoms with E-state index >= 15 is 0 Å². The summed E-state index contributed by atoms with van der Waals surface area (Å²) >= 11 is 0. The van der Waals surface area contributed by atoms with E-state index in [9.17, 15) is 33.0 Å². The standard InChI is InChI=1S/C24H22F3N5O5/c25-24(26,27)14-8-16(10-28-9-14)31-11-20(33)32(23(31)36)15-2-4-17(5-3-15)37-21-18-6-1-13(22(34)35)7-19(18)29-12-30-21/h1,6-10,12,15,17,23,36H,2-5,11H2,(H,34,35). The zero-order valence-electron chi connectivity index (χ0n) is 19.3. The van der Waals surface area contributed by atoms with Crippen molar-refractivity contribution < 1.29 is 37.7 Å². The van der Waals surface area contributed by atoms with Crippen molar-refractivity contribution in [3.63, 3.8) is 0 Å². The number of benzene rings is 1. The molecule has 0 radical (unpaired) electrons. The molecule has 13 heteroatoms. The van der Waals surface area contributed by atoms with E-state index in [1.807, 2.05) is 0 Å². The number of carbonyl (C=O) groups excluding carboxylic acids is 1. The van der Waals surface area contributed by atoms with Crippen LogP contribution in [0.3, 0.4) is 0 Å². The summed E-state index contributed by atoms with van der Waals surface area (Å²) in [7, 11) is 0. The summed E-state index contributed by atoms with van der Waals surface area (Å²) in [6.07, 6.45) is -0.945. The summed E-state index contributed by atoms with van der Waals surface area (Å²) in [4.78, 5) is 38.4. The van der Waals surface area contributed by atoms with E-state index in [0.717, 1.165) is 6.07 Å². The molecule has 0 spiro atoms. The molecule has 2 N–H and O–H groups in total. The molecule has 10 nitrogen and oxygen atoms in total. The third-order valence-corrected chi connectivity index (χ3v) is 6.67. The molecule has 1 saturated carbocycles. The van der Waals surface area contributed by atoms with E-state index < -0.39 is 24.1 Å². The summed E-state index contributed by atoms with van der Waals surface area (Å²) in [5.41, 5.74) is -0.413. The Balaban J connectivity index is 1.25. The lowest BCUT2D eigenvalue weighted by atomic mass is 9.92. The minimum Gasteiger partial charge on any atom is -0.478 e. The number of hydrogen-bond acceptors (Lipinski definition) is 8. The van der Waals surface area contributed by atoms with E-state index in [-0.39, 0.29) is 35.8 Å². The van der Waals surface area contributed by atoms with E-state index in [1.165, 1.54) is 34.5 Å². The molecule has 1 amide bonds. The van der Waals surface area contributed by atoms with E-state index in [1.54, 1.807) is 6.07 Å². The largest absolute Gasteiger partial charge is 0.478 e. The number of alkyl halides is 3. The maximum Gasteiger partial charge on any atom is 0.417 e. The number of hydrogen-bond donors (Lipinski definition) is 2. The van der Waals surface area contributed by atoms with Crippen LogP contribution in [0, 0.1) is 0 Å². The molecule has 37 heavy (non-hydrogen) atoms. The van der Waals surface area contributed by atoms with Crippen LogP contribution in [0.2, 0.25) is 0 Å². The second-order valence-corrected chi connectivity index (χ2v) is 8.97. The van der Waals surface area contributed by atoms with Crippen molar-refractivity contribution in [1.82, 2.24) is 19.9 Å². The monoisotopic (exact) mass is 517 g/mol. The smallest absolute Gasteiger partial charge is 0.417 e. The van der Waals surface area contributed by atoms with Crippen LogP contribution in [0.1, 0.15) is 41.6 Å². The number of rotatable bonds is 5. The summed E-state index contributed by atoms with van der Waals surface area (Å²) in [6.45, 7) is -0.258. The van der Waals surface area contributed by atoms with Gasteiger partial charge in [-0.2, -0.15) is 13.2 Å². The molecule has 2 aliphatic rings. The molecule has 0 bridgehead atoms. The first-order valence-corrected chi connectivity index (χ1v) is 11.5. The van der Waals surface area contributed by atoms with Crippen molar-refractivity contribution in [3.05, 3.63) is 54.1 Å². The number of carbonyl (C=O) groups is 2. The Kier molecular flexibility index (Phi) is 6.31. The van der Waals surface area contributed by atoms with Crippen LogP contribution in [0.5, 0.6) is 5.88 Å². The fourth-order valence-corrected chi connectivity index (χ4v) is 4.80. The molecule has 3 heterocycles. The Morgan fingerprint density at radius 3 is 2.54 bits per heavy atom. The first kappa shape index (κ1) is 24.7. The number of carboxylic acids is 1. The Bertz CT molecular complexity index is 1350. The second-order valence-electron chi connectivity index (χ2n) is 8.97. The number of aliphatic hydroxyl groups is 1. The number of halogens is 3. The minimum absolute atomic E-state index is 0.0110. The van der Waals surface area contributed by atoms with Gasteiger partial charge in [0.1, 0.15) is 19.0 Å². The zero-order valence-corrected chi connectivity index (χ0v) is 19.3. The molecule has 1 saturated heterocycles. The van der Waals surface area contributed by atoms with E-state index in [2.05, 4.69) is 15.0 Å². The number of nitrogens with zero attached hydrogens (tertiary/aromatic N) is 5. The van der Waals surface area contributed by atoms with Crippen LogP contribution in [0.25, 0.3) is 10.9 Å². The third-order valence-electron chi connectivity index (χ3n) is 6.67. The van der Waals surface area contributed by atoms with Gasteiger partial charge in [0, 0.05) is 12.2 Å². The van der Waals surface area contributed by atoms with Gasteiger partial charge >= 0.3 is 12.1 Å². The first-order valence-electron chi connectivity index (χ1n) is 11.5. The van der Waals surface area contributed by atoms with Crippen molar-refractivity contribution in [2.75, 3.05) is 11.4 Å². The van der Waals surface area contributed by atoms with Crippen molar-refractivity contribution in [3.8, 4) is 5.88 Å². The number of anilines is 1. The lowest BCUT2D eigenvalue weighted by molar-refractivity contribution is -0.138. The van der Waals surface area contributed by atoms with Gasteiger partial charge in [0.15, 0.2) is 0 Å². The molecule has 1 aliphatic carbocycles. The highest BCUT2D eigenvalue weighted by molar-refractivity contribution is 5.94. The normalized spacial score (nSPS) is 22.5. The van der Waals surface area contributed by atoms with Crippen molar-refractivity contribution in [1.29, 1.82) is 0 Å². The van der Waals surface area contributed by atoms with Crippen LogP contribution >= 0.6 is 0 Å². The predicted molar refractivity (Wildman–Crippen MR) is 123 cm³/mol. The number of aromatic carboxylic acids is 1. The molecule has 3 aromatic rings. The Hall–Kier alpha value is -4.00. The molecule has 1 aromatic carbocycles. The summed E-state index contributed by atoms with van der Waals surface area (Å²) in [5, 5.41) is 20.6. The minimum atomic E-state index is -4.59. The highest BCUT2D eigenvalue weighted by Gasteiger charge is 2.43. The molecule has 2 fully saturated rings. The van der Waals surface area contributed by atoms with Gasteiger partial charge in [-0.3, -0.25) is 14.7 Å². The number of aliphatic hydroxyl groups excluding tert-OH is 1. The molecule has 194 valence electrons. The first-order chi connectivity index (χ1) is 17.6. The summed E-state index contributed by atoms with van der Waals surface area (Å²) < 4.78 is 45.3. The predicted octanol–water partition coefficient (Wildman–Crippen LogP) is 3.06. The number of ether oxygens (including phenoxy) is 1. The van der Waals surface area contributed by atoms with Gasteiger partial charge in [-0.25, -0.2) is 14.8 Å². The maximum absolute atomic E-state index is 13.1. The van der Waals surface area contributed by atoms with Crippen LogP contribution in [0.15, 0.2) is 43.0 Å². The van der Waals surface area contributed by atoms with Crippen LogP contribution in [-0.2, 0) is 11.0 Å². The SMILES string of the molecule is O=C(O)c1ccc2c(OC3CCC(N4C(=O)CN(c5cncc(C(F)(F)F)c5)C4O)CC3)ncnc2c1. The Morgan fingerprint density at radius 1 is 1.08 bits per heavy atom. The molecule has 5 rings (SSSR count). The molecule has 1 aliphatic heterocycles. The van der Waals surface area contributed by atoms with Gasteiger partial charge in [0.05, 0.1) is 33.9 Å². The molecule has 2 aromatic heterocycles. The average molecular weight is 517 g/mol. The topological polar surface area (TPSA) is 129 Å². The fourth-order valence-electron chi connectivity index (χ4n) is 4.80. The fraction of sp³-hybridized carbons (Fsp3) is 0.375. The second kappa shape index (κ2) is 9.47. The number of amides is 1. The van der Waals surface area contributed by atoms with Crippen molar-refractivity contribution >= 4 is 28.5 Å². The zero-order chi connectivity index (χ0) is 26.3. The van der Waals surface area contributed by atoms with E-state index in [0.29, 0.717) is 48.7 Å². The number of carboxylic acid groups (broad SMARTS) is 1. The Labute approximate surface area is 208 Å². The number of aromatic nitrogens is 3. The highest BCUT2D eigenvalue weighted by Crippen LogP contribution is 2.35. The molecule has 1 atom stereocenters. The van der Waals surface area contributed by atoms with Crippen LogP contribution < -0.4 is 9.64 Å². The quantitative estimate of drug-likeness (QED) is 0.525. The highest BCUT2D eigenvalue weighted by atomic mass is 19.4. The number of pyridine rings is 1. The summed E-state index contributed by atoms with van der Waals surface area (Å²) in [5.74, 6) is -1.13. The lowest BCUT2D eigenvalue weighted by Gasteiger charge is -2.37. The van der Waals surface area contributed by atoms with Gasteiger partial charge in [-0.05, 0) is 49.9 Å². The van der Waals surface area contributed by atoms with Gasteiger partial charge in [0.2, 0.25) is 18.1 Å². The third kappa shape index (κ3) is 4.86. The van der Waals surface area contributed by atoms with Gasteiger partial charge in [-0.15, -0.1) is 0 Å². The molecular formula is C24H22F3N5O5. The van der Waals surface area contributed by atoms with Crippen LogP contribution in [0.4, 0.5) is 18.9 Å². The van der Waals surface area contributed by atoms with Gasteiger partial charge in [0.25, 0.3) is 0 Å². The van der Waals surface area contributed by atoms with Crippen molar-refractivity contribution in [2.45, 2.75) is 50.4 Å². The van der Waals surface area contributed by atoms with Gasteiger partial charge in [-0.1, -0.05) is 0 Å². The summed E-state index contributed by atoms with van der Waals surface area (Å²) in [6, 6.07) is 5.03.